The lowest BCUT2D eigenvalue weighted by Gasteiger charge is -2.06. The predicted molar refractivity (Wildman–Crippen MR) is 58.1 cm³/mol. The van der Waals surface area contributed by atoms with Gasteiger partial charge in [0, 0.05) is 18.1 Å². The van der Waals surface area contributed by atoms with Gasteiger partial charge in [0.25, 0.3) is 0 Å². The number of hydrogen-bond acceptors (Lipinski definition) is 6. The Hall–Kier alpha value is -2.37. The number of aryl methyl sites for hydroxylation is 1. The highest BCUT2D eigenvalue weighted by atomic mass is 16.5. The number of phenols is 1. The van der Waals surface area contributed by atoms with Gasteiger partial charge in [-0.3, -0.25) is 4.79 Å². The maximum absolute atomic E-state index is 10.9. The molecule has 0 aliphatic carbocycles. The van der Waals surface area contributed by atoms with Gasteiger partial charge in [0.15, 0.2) is 17.8 Å². The molecule has 0 unspecified atom stereocenters. The fourth-order valence-corrected chi connectivity index (χ4v) is 1.45. The first-order valence-electron chi connectivity index (χ1n) is 4.82. The molecule has 0 saturated heterocycles. The van der Waals surface area contributed by atoms with Gasteiger partial charge in [-0.25, -0.2) is 0 Å². The van der Waals surface area contributed by atoms with Gasteiger partial charge >= 0.3 is 0 Å². The van der Waals surface area contributed by atoms with E-state index in [-0.39, 0.29) is 22.9 Å². The largest absolute Gasteiger partial charge is 0.504 e. The molecule has 0 saturated carbocycles. The number of hydrogen-bond donors (Lipinski definition) is 1. The minimum absolute atomic E-state index is 0.112. The minimum Gasteiger partial charge on any atom is -0.504 e. The van der Waals surface area contributed by atoms with Crippen molar-refractivity contribution >= 4 is 6.29 Å². The molecule has 17 heavy (non-hydrogen) atoms. The summed E-state index contributed by atoms with van der Waals surface area (Å²) in [6.45, 7) is 1.65. The number of ether oxygens (including phenoxy) is 1. The average Bonchev–Trinajstić information content (AvgIpc) is 2.75. The van der Waals surface area contributed by atoms with Crippen molar-refractivity contribution in [3.05, 3.63) is 23.6 Å². The highest BCUT2D eigenvalue weighted by Gasteiger charge is 2.15. The summed E-state index contributed by atoms with van der Waals surface area (Å²) in [5.41, 5.74) is 0.718. The number of benzene rings is 1. The summed E-state index contributed by atoms with van der Waals surface area (Å²) in [5.74, 6) is 0.804. The van der Waals surface area contributed by atoms with Crippen molar-refractivity contribution in [2.24, 2.45) is 0 Å². The summed E-state index contributed by atoms with van der Waals surface area (Å²) in [7, 11) is 1.42. The van der Waals surface area contributed by atoms with Gasteiger partial charge in [-0.15, -0.1) is 0 Å². The van der Waals surface area contributed by atoms with Crippen LogP contribution in [0.3, 0.4) is 0 Å². The molecule has 0 fully saturated rings. The van der Waals surface area contributed by atoms with Crippen molar-refractivity contribution < 1.29 is 19.2 Å². The molecule has 2 aromatic rings. The van der Waals surface area contributed by atoms with E-state index in [0.29, 0.717) is 17.7 Å². The van der Waals surface area contributed by atoms with E-state index in [9.17, 15) is 9.90 Å². The number of rotatable bonds is 3. The lowest BCUT2D eigenvalue weighted by molar-refractivity contribution is 0.112. The number of aromatic nitrogens is 2. The van der Waals surface area contributed by atoms with Crippen molar-refractivity contribution in [2.45, 2.75) is 6.92 Å². The summed E-state index contributed by atoms with van der Waals surface area (Å²) in [5, 5.41) is 13.3. The van der Waals surface area contributed by atoms with Gasteiger partial charge < -0.3 is 14.4 Å². The Balaban J connectivity index is 2.62. The number of carbonyl (C=O) groups is 1. The van der Waals surface area contributed by atoms with Crippen LogP contribution in [0, 0.1) is 6.92 Å². The van der Waals surface area contributed by atoms with Gasteiger partial charge in [-0.2, -0.15) is 4.98 Å². The molecule has 0 atom stereocenters. The van der Waals surface area contributed by atoms with Crippen LogP contribution in [0.5, 0.6) is 11.5 Å². The standard InChI is InChI=1S/C11H10N2O4/c1-6-12-11(13-17-6)8-4-10(16-2)9(15)3-7(8)5-14/h3-5,15H,1-2H3. The molecule has 0 aliphatic rings. The number of aromatic hydroxyl groups is 1. The van der Waals surface area contributed by atoms with E-state index in [1.165, 1.54) is 19.2 Å². The summed E-state index contributed by atoms with van der Waals surface area (Å²) in [4.78, 5) is 14.9. The second-order valence-electron chi connectivity index (χ2n) is 3.37. The van der Waals surface area contributed by atoms with Crippen LogP contribution in [-0.4, -0.2) is 28.6 Å². The fourth-order valence-electron chi connectivity index (χ4n) is 1.45. The zero-order chi connectivity index (χ0) is 12.4. The number of nitrogens with zero attached hydrogens (tertiary/aromatic N) is 2. The highest BCUT2D eigenvalue weighted by molar-refractivity contribution is 5.87. The smallest absolute Gasteiger partial charge is 0.223 e. The van der Waals surface area contributed by atoms with E-state index in [1.807, 2.05) is 0 Å². The molecular weight excluding hydrogens is 224 g/mol. The van der Waals surface area contributed by atoms with Crippen LogP contribution in [0.4, 0.5) is 0 Å². The van der Waals surface area contributed by atoms with E-state index >= 15 is 0 Å². The fraction of sp³-hybridized carbons (Fsp3) is 0.182. The van der Waals surface area contributed by atoms with Gasteiger partial charge in [-0.1, -0.05) is 5.16 Å². The third-order valence-corrected chi connectivity index (χ3v) is 2.25. The number of carbonyl (C=O) groups excluding carboxylic acids is 1. The highest BCUT2D eigenvalue weighted by Crippen LogP contribution is 2.33. The van der Waals surface area contributed by atoms with Crippen LogP contribution in [-0.2, 0) is 0 Å². The molecule has 0 spiro atoms. The maximum atomic E-state index is 10.9. The zero-order valence-corrected chi connectivity index (χ0v) is 9.30. The first-order chi connectivity index (χ1) is 8.15. The first-order valence-corrected chi connectivity index (χ1v) is 4.82. The van der Waals surface area contributed by atoms with E-state index in [0.717, 1.165) is 0 Å². The van der Waals surface area contributed by atoms with Crippen LogP contribution in [0.15, 0.2) is 16.7 Å². The van der Waals surface area contributed by atoms with Crippen LogP contribution in [0.2, 0.25) is 0 Å². The monoisotopic (exact) mass is 234 g/mol. The Morgan fingerprint density at radius 3 is 2.76 bits per heavy atom. The zero-order valence-electron chi connectivity index (χ0n) is 9.30. The van der Waals surface area contributed by atoms with Gasteiger partial charge in [0.1, 0.15) is 0 Å². The van der Waals surface area contributed by atoms with Gasteiger partial charge in [-0.05, 0) is 12.1 Å². The Labute approximate surface area is 96.8 Å². The second kappa shape index (κ2) is 4.25. The summed E-state index contributed by atoms with van der Waals surface area (Å²) < 4.78 is 9.80. The number of aldehydes is 1. The van der Waals surface area contributed by atoms with E-state index < -0.39 is 0 Å². The van der Waals surface area contributed by atoms with Crippen molar-refractivity contribution in [3.8, 4) is 22.9 Å². The summed E-state index contributed by atoms with van der Waals surface area (Å²) >= 11 is 0. The van der Waals surface area contributed by atoms with E-state index in [4.69, 9.17) is 9.26 Å². The van der Waals surface area contributed by atoms with E-state index in [1.54, 1.807) is 6.92 Å². The molecule has 2 rings (SSSR count). The summed E-state index contributed by atoms with van der Waals surface area (Å²) in [6.07, 6.45) is 0.611. The van der Waals surface area contributed by atoms with Crippen molar-refractivity contribution in [1.29, 1.82) is 0 Å². The third kappa shape index (κ3) is 1.96. The van der Waals surface area contributed by atoms with Crippen LogP contribution in [0.25, 0.3) is 11.4 Å². The first kappa shape index (κ1) is 11.1. The van der Waals surface area contributed by atoms with Crippen molar-refractivity contribution in [2.75, 3.05) is 7.11 Å². The lowest BCUT2D eigenvalue weighted by Crippen LogP contribution is -1.93. The second-order valence-corrected chi connectivity index (χ2v) is 3.37. The van der Waals surface area contributed by atoms with Crippen molar-refractivity contribution in [1.82, 2.24) is 10.1 Å². The molecule has 88 valence electrons. The maximum Gasteiger partial charge on any atom is 0.223 e. The molecule has 6 heteroatoms. The minimum atomic E-state index is -0.112. The molecule has 0 aliphatic heterocycles. The molecule has 0 radical (unpaired) electrons. The van der Waals surface area contributed by atoms with E-state index in [2.05, 4.69) is 10.1 Å². The predicted octanol–water partition coefficient (Wildman–Crippen LogP) is 1.57. The molecule has 1 N–H and O–H groups in total. The van der Waals surface area contributed by atoms with Gasteiger partial charge in [0.05, 0.1) is 7.11 Å². The quantitative estimate of drug-likeness (QED) is 0.811. The van der Waals surface area contributed by atoms with Crippen LogP contribution in [0.1, 0.15) is 16.2 Å². The molecule has 0 amide bonds. The Morgan fingerprint density at radius 2 is 2.24 bits per heavy atom. The molecule has 1 aromatic carbocycles. The Kier molecular flexibility index (Phi) is 2.78. The summed E-state index contributed by atoms with van der Waals surface area (Å²) in [6, 6.07) is 2.79. The number of phenolic OH excluding ortho intramolecular Hbond substituents is 1. The van der Waals surface area contributed by atoms with Crippen LogP contribution < -0.4 is 4.74 Å². The Morgan fingerprint density at radius 1 is 1.47 bits per heavy atom. The topological polar surface area (TPSA) is 85.5 Å². The Bertz CT molecular complexity index is 563. The number of methoxy groups -OCH3 is 1. The SMILES string of the molecule is COc1cc(-c2noc(C)n2)c(C=O)cc1O. The van der Waals surface area contributed by atoms with Crippen molar-refractivity contribution in [3.63, 3.8) is 0 Å². The molecule has 1 aromatic heterocycles. The average molecular weight is 234 g/mol. The molecule has 6 nitrogen and oxygen atoms in total. The van der Waals surface area contributed by atoms with Crippen LogP contribution >= 0.6 is 0 Å². The molecule has 0 bridgehead atoms. The third-order valence-electron chi connectivity index (χ3n) is 2.25. The lowest BCUT2D eigenvalue weighted by atomic mass is 10.1. The normalized spacial score (nSPS) is 10.2. The molecule has 1 heterocycles. The van der Waals surface area contributed by atoms with Gasteiger partial charge in [0.2, 0.25) is 11.7 Å². The molecular formula is C11H10N2O4.